The molecule has 5 rings (SSSR count). The fraction of sp³-hybridized carbons (Fsp3) is 0.185. The molecule has 218 valence electrons. The van der Waals surface area contributed by atoms with Crippen molar-refractivity contribution in [3.8, 4) is 23.0 Å². The molecule has 0 unspecified atom stereocenters. The summed E-state index contributed by atoms with van der Waals surface area (Å²) in [5.41, 5.74) is -0.320. The van der Waals surface area contributed by atoms with Crippen molar-refractivity contribution in [1.29, 1.82) is 5.26 Å². The van der Waals surface area contributed by atoms with E-state index in [1.165, 1.54) is 30.1 Å². The predicted octanol–water partition coefficient (Wildman–Crippen LogP) is 2.38. The van der Waals surface area contributed by atoms with Crippen LogP contribution in [0.3, 0.4) is 0 Å². The lowest BCUT2D eigenvalue weighted by atomic mass is 9.86. The van der Waals surface area contributed by atoms with Crippen LogP contribution < -0.4 is 16.6 Å². The summed E-state index contributed by atoms with van der Waals surface area (Å²) in [4.78, 5) is 74.2. The Morgan fingerprint density at radius 2 is 1.74 bits per heavy atom. The first-order chi connectivity index (χ1) is 20.3. The van der Waals surface area contributed by atoms with Crippen molar-refractivity contribution >= 4 is 41.6 Å². The quantitative estimate of drug-likeness (QED) is 0.181. The first-order valence-electron chi connectivity index (χ1n) is 12.6. The second-order valence-corrected chi connectivity index (χ2v) is 11.2. The van der Waals surface area contributed by atoms with E-state index in [2.05, 4.69) is 35.8 Å². The van der Waals surface area contributed by atoms with Crippen LogP contribution in [0.25, 0.3) is 38.9 Å². The predicted molar refractivity (Wildman–Crippen MR) is 154 cm³/mol. The third-order valence-corrected chi connectivity index (χ3v) is 6.98. The standard InChI is InChI=1S/C27H23N8O7P/c1-15(36)32-25-30-10-16(11-31-25)20-8-9-21-22(33-20)23-19(12-29-21)24(37)34(14-42-43(39,40)41)26(38)35(23)18-6-4-17(5-7-18)27(2,3)13-28/h4-12H,14H2,1-3H3,(H2,39,40,41)(H,30,31,32,36). The van der Waals surface area contributed by atoms with Crippen molar-refractivity contribution < 1.29 is 23.7 Å². The van der Waals surface area contributed by atoms with Crippen LogP contribution >= 0.6 is 7.82 Å². The summed E-state index contributed by atoms with van der Waals surface area (Å²) in [5, 5.41) is 11.9. The Kier molecular flexibility index (Phi) is 7.47. The normalized spacial score (nSPS) is 11.9. The molecule has 5 aromatic rings. The van der Waals surface area contributed by atoms with Gasteiger partial charge in [0.2, 0.25) is 11.9 Å². The van der Waals surface area contributed by atoms with Crippen molar-refractivity contribution in [3.63, 3.8) is 0 Å². The lowest BCUT2D eigenvalue weighted by Crippen LogP contribution is -2.40. The van der Waals surface area contributed by atoms with Crippen molar-refractivity contribution in [2.24, 2.45) is 0 Å². The average molecular weight is 603 g/mol. The second kappa shape index (κ2) is 10.9. The maximum absolute atomic E-state index is 13.8. The van der Waals surface area contributed by atoms with Gasteiger partial charge in [-0.3, -0.25) is 29.0 Å². The number of nitrogens with zero attached hydrogens (tertiary/aromatic N) is 7. The third-order valence-electron chi connectivity index (χ3n) is 6.52. The Hall–Kier alpha value is -5.13. The molecule has 3 N–H and O–H groups in total. The number of anilines is 1. The van der Waals surface area contributed by atoms with Crippen LogP contribution in [0.5, 0.6) is 0 Å². The number of hydrogen-bond donors (Lipinski definition) is 3. The number of benzene rings is 1. The SMILES string of the molecule is CC(=O)Nc1ncc(-c2ccc3ncc4c(=O)n(COP(=O)(O)O)c(=O)n(-c5ccc(C(C)(C)C#N)cc5)c4c3n2)cn1. The molecule has 1 amide bonds. The first kappa shape index (κ1) is 29.4. The van der Waals surface area contributed by atoms with Gasteiger partial charge in [-0.25, -0.2) is 28.9 Å². The van der Waals surface area contributed by atoms with E-state index >= 15 is 0 Å². The highest BCUT2D eigenvalue weighted by molar-refractivity contribution is 7.46. The van der Waals surface area contributed by atoms with Crippen LogP contribution in [0.15, 0.2) is 64.6 Å². The number of carbonyl (C=O) groups excluding carboxylic acids is 1. The number of amides is 1. The molecule has 15 nitrogen and oxygen atoms in total. The van der Waals surface area contributed by atoms with Gasteiger partial charge in [0, 0.05) is 31.1 Å². The Bertz CT molecular complexity index is 2110. The van der Waals surface area contributed by atoms with Gasteiger partial charge in [-0.2, -0.15) is 5.26 Å². The van der Waals surface area contributed by atoms with E-state index in [0.29, 0.717) is 26.9 Å². The van der Waals surface area contributed by atoms with E-state index in [1.54, 1.807) is 50.2 Å². The highest BCUT2D eigenvalue weighted by Gasteiger charge is 2.23. The summed E-state index contributed by atoms with van der Waals surface area (Å²) in [6.07, 6.45) is 4.13. The maximum Gasteiger partial charge on any atom is 0.471 e. The number of rotatable bonds is 7. The highest BCUT2D eigenvalue weighted by atomic mass is 31.2. The summed E-state index contributed by atoms with van der Waals surface area (Å²) in [6, 6.07) is 12.0. The zero-order chi connectivity index (χ0) is 31.1. The molecular formula is C27H23N8O7P. The van der Waals surface area contributed by atoms with E-state index in [1.807, 2.05) is 0 Å². The third kappa shape index (κ3) is 5.81. The summed E-state index contributed by atoms with van der Waals surface area (Å²) in [7, 11) is -5.04. The molecule has 16 heteroatoms. The summed E-state index contributed by atoms with van der Waals surface area (Å²) < 4.78 is 17.6. The number of fused-ring (bicyclic) bond motifs is 3. The van der Waals surface area contributed by atoms with Gasteiger partial charge in [-0.15, -0.1) is 0 Å². The van der Waals surface area contributed by atoms with E-state index < -0.39 is 31.2 Å². The summed E-state index contributed by atoms with van der Waals surface area (Å²) in [6.45, 7) is 3.77. The lowest BCUT2D eigenvalue weighted by molar-refractivity contribution is -0.114. The number of nitriles is 1. The van der Waals surface area contributed by atoms with Gasteiger partial charge in [0.05, 0.1) is 39.3 Å². The van der Waals surface area contributed by atoms with Crippen molar-refractivity contribution in [2.75, 3.05) is 5.32 Å². The van der Waals surface area contributed by atoms with Gasteiger partial charge in [0.25, 0.3) is 5.56 Å². The molecule has 0 aliphatic heterocycles. The Balaban J connectivity index is 1.79. The molecular weight excluding hydrogens is 579 g/mol. The molecule has 1 aromatic carbocycles. The van der Waals surface area contributed by atoms with Crippen molar-refractivity contribution in [1.82, 2.24) is 29.1 Å². The minimum atomic E-state index is -5.04. The molecule has 0 atom stereocenters. The molecule has 0 saturated carbocycles. The number of phosphoric acid groups is 1. The molecule has 0 saturated heterocycles. The average Bonchev–Trinajstić information content (AvgIpc) is 2.96. The molecule has 0 fully saturated rings. The Morgan fingerprint density at radius 3 is 2.35 bits per heavy atom. The zero-order valence-corrected chi connectivity index (χ0v) is 23.8. The minimum Gasteiger partial charge on any atom is -0.303 e. The number of aromatic nitrogens is 6. The molecule has 43 heavy (non-hydrogen) atoms. The van der Waals surface area contributed by atoms with Crippen molar-refractivity contribution in [3.05, 3.63) is 81.4 Å². The topological polar surface area (TPSA) is 215 Å². The number of carbonyl (C=O) groups is 1. The monoisotopic (exact) mass is 602 g/mol. The van der Waals surface area contributed by atoms with Gasteiger partial charge in [0.1, 0.15) is 12.2 Å². The van der Waals surface area contributed by atoms with E-state index in [4.69, 9.17) is 0 Å². The molecule has 0 aliphatic carbocycles. The molecule has 4 aromatic heterocycles. The second-order valence-electron chi connectivity index (χ2n) is 9.94. The van der Waals surface area contributed by atoms with Gasteiger partial charge in [-0.1, -0.05) is 12.1 Å². The number of pyridine rings is 2. The largest absolute Gasteiger partial charge is 0.471 e. The van der Waals surface area contributed by atoms with Gasteiger partial charge in [-0.05, 0) is 43.7 Å². The Labute approximate surface area is 242 Å². The van der Waals surface area contributed by atoms with Gasteiger partial charge in [0.15, 0.2) is 0 Å². The van der Waals surface area contributed by atoms with E-state index in [9.17, 15) is 34.0 Å². The smallest absolute Gasteiger partial charge is 0.303 e. The number of phosphoric ester groups is 1. The van der Waals surface area contributed by atoms with E-state index in [0.717, 1.165) is 0 Å². The van der Waals surface area contributed by atoms with Gasteiger partial charge < -0.3 is 9.79 Å². The van der Waals surface area contributed by atoms with Crippen LogP contribution in [0.1, 0.15) is 26.3 Å². The van der Waals surface area contributed by atoms with Crippen LogP contribution in [0.2, 0.25) is 0 Å². The van der Waals surface area contributed by atoms with Crippen LogP contribution in [-0.2, 0) is 26.0 Å². The van der Waals surface area contributed by atoms with Crippen LogP contribution in [0, 0.1) is 11.3 Å². The molecule has 4 heterocycles. The fourth-order valence-electron chi connectivity index (χ4n) is 4.31. The first-order valence-corrected chi connectivity index (χ1v) is 14.1. The summed E-state index contributed by atoms with van der Waals surface area (Å²) in [5.74, 6) is -0.243. The molecule has 0 aliphatic rings. The number of nitrogens with one attached hydrogen (secondary N) is 1. The summed E-state index contributed by atoms with van der Waals surface area (Å²) >= 11 is 0. The number of hydrogen-bond acceptors (Lipinski definition) is 10. The van der Waals surface area contributed by atoms with E-state index in [-0.39, 0.29) is 34.0 Å². The van der Waals surface area contributed by atoms with Crippen molar-refractivity contribution in [2.45, 2.75) is 32.9 Å². The lowest BCUT2D eigenvalue weighted by Gasteiger charge is -2.18. The molecule has 0 bridgehead atoms. The van der Waals surface area contributed by atoms with Gasteiger partial charge >= 0.3 is 13.5 Å². The molecule has 0 radical (unpaired) electrons. The minimum absolute atomic E-state index is 0.0789. The zero-order valence-electron chi connectivity index (χ0n) is 22.9. The van der Waals surface area contributed by atoms with Crippen LogP contribution in [-0.4, -0.2) is 44.8 Å². The highest BCUT2D eigenvalue weighted by Crippen LogP contribution is 2.36. The Morgan fingerprint density at radius 1 is 1.07 bits per heavy atom. The molecule has 0 spiro atoms. The van der Waals surface area contributed by atoms with Crippen LogP contribution in [0.4, 0.5) is 5.95 Å². The maximum atomic E-state index is 13.8. The fourth-order valence-corrected chi connectivity index (χ4v) is 4.57.